The maximum atomic E-state index is 12.4. The number of aryl methyl sites for hydroxylation is 1. The highest BCUT2D eigenvalue weighted by Gasteiger charge is 2.25. The molecule has 0 radical (unpaired) electrons. The molecule has 1 aromatic heterocycles. The van der Waals surface area contributed by atoms with Crippen molar-refractivity contribution in [3.05, 3.63) is 34.2 Å². The third kappa shape index (κ3) is 4.42. The topological polar surface area (TPSA) is 88.5 Å². The Labute approximate surface area is 136 Å². The molecular weight excluding hydrogens is 318 g/mol. The van der Waals surface area contributed by atoms with Crippen molar-refractivity contribution in [2.24, 2.45) is 13.0 Å². The predicted octanol–water partition coefficient (Wildman–Crippen LogP) is 0.177. The van der Waals surface area contributed by atoms with Crippen LogP contribution < -0.4 is 10.3 Å². The van der Waals surface area contributed by atoms with Gasteiger partial charge >= 0.3 is 0 Å². The first kappa shape index (κ1) is 17.7. The zero-order valence-corrected chi connectivity index (χ0v) is 14.3. The molecule has 0 aromatic carbocycles. The first-order valence-corrected chi connectivity index (χ1v) is 9.41. The van der Waals surface area contributed by atoms with E-state index in [0.717, 1.165) is 12.8 Å². The minimum atomic E-state index is -3.18. The van der Waals surface area contributed by atoms with Crippen molar-refractivity contribution >= 4 is 15.9 Å². The molecule has 1 N–H and O–H groups in total. The fourth-order valence-electron chi connectivity index (χ4n) is 2.62. The number of rotatable bonds is 5. The molecule has 0 bridgehead atoms. The summed E-state index contributed by atoms with van der Waals surface area (Å²) >= 11 is 0. The van der Waals surface area contributed by atoms with Crippen LogP contribution in [-0.2, 0) is 17.1 Å². The minimum absolute atomic E-state index is 0.0711. The zero-order chi connectivity index (χ0) is 17.0. The van der Waals surface area contributed by atoms with Crippen LogP contribution in [0, 0.1) is 5.92 Å². The second kappa shape index (κ2) is 7.27. The largest absolute Gasteiger partial charge is 0.338 e. The SMILES string of the molecule is CCS(=O)(=O)NCC1CCN(C(=O)c2cccn(C)c2=O)CC1. The highest BCUT2D eigenvalue weighted by Crippen LogP contribution is 2.18. The number of hydrogen-bond acceptors (Lipinski definition) is 4. The number of carbonyl (C=O) groups excluding carboxylic acids is 1. The molecule has 1 aliphatic rings. The van der Waals surface area contributed by atoms with Gasteiger partial charge in [-0.2, -0.15) is 0 Å². The first-order valence-electron chi connectivity index (χ1n) is 7.76. The van der Waals surface area contributed by atoms with Crippen LogP contribution in [0.4, 0.5) is 0 Å². The summed E-state index contributed by atoms with van der Waals surface area (Å²) in [6.45, 7) is 3.08. The smallest absolute Gasteiger partial charge is 0.263 e. The van der Waals surface area contributed by atoms with E-state index in [4.69, 9.17) is 0 Å². The number of likely N-dealkylation sites (tertiary alicyclic amines) is 1. The maximum absolute atomic E-state index is 12.4. The van der Waals surface area contributed by atoms with Gasteiger partial charge in [0.15, 0.2) is 0 Å². The number of pyridine rings is 1. The first-order chi connectivity index (χ1) is 10.8. The molecule has 0 spiro atoms. The maximum Gasteiger partial charge on any atom is 0.263 e. The van der Waals surface area contributed by atoms with Gasteiger partial charge in [0.25, 0.3) is 11.5 Å². The molecule has 2 heterocycles. The van der Waals surface area contributed by atoms with Gasteiger partial charge in [0, 0.05) is 32.9 Å². The van der Waals surface area contributed by atoms with Crippen molar-refractivity contribution in [2.75, 3.05) is 25.4 Å². The van der Waals surface area contributed by atoms with Crippen molar-refractivity contribution < 1.29 is 13.2 Å². The van der Waals surface area contributed by atoms with Gasteiger partial charge in [-0.05, 0) is 37.8 Å². The van der Waals surface area contributed by atoms with Gasteiger partial charge in [0.05, 0.1) is 5.75 Å². The van der Waals surface area contributed by atoms with Crippen molar-refractivity contribution in [1.29, 1.82) is 0 Å². The third-order valence-corrected chi connectivity index (χ3v) is 5.59. The van der Waals surface area contributed by atoms with E-state index in [1.165, 1.54) is 4.57 Å². The van der Waals surface area contributed by atoms with Crippen LogP contribution in [0.2, 0.25) is 0 Å². The molecule has 1 amide bonds. The highest BCUT2D eigenvalue weighted by atomic mass is 32.2. The van der Waals surface area contributed by atoms with E-state index in [9.17, 15) is 18.0 Å². The molecule has 8 heteroatoms. The molecule has 1 aliphatic heterocycles. The Morgan fingerprint density at radius 3 is 2.61 bits per heavy atom. The summed E-state index contributed by atoms with van der Waals surface area (Å²) in [5, 5.41) is 0. The lowest BCUT2D eigenvalue weighted by Gasteiger charge is -2.32. The monoisotopic (exact) mass is 341 g/mol. The van der Waals surface area contributed by atoms with Crippen molar-refractivity contribution in [3.63, 3.8) is 0 Å². The van der Waals surface area contributed by atoms with Gasteiger partial charge in [0.1, 0.15) is 5.56 Å². The predicted molar refractivity (Wildman–Crippen MR) is 87.8 cm³/mol. The fourth-order valence-corrected chi connectivity index (χ4v) is 3.31. The summed E-state index contributed by atoms with van der Waals surface area (Å²) in [5.41, 5.74) is -0.115. The van der Waals surface area contributed by atoms with Crippen LogP contribution in [0.3, 0.4) is 0 Å². The van der Waals surface area contributed by atoms with Crippen LogP contribution in [-0.4, -0.2) is 49.2 Å². The molecule has 23 heavy (non-hydrogen) atoms. The molecule has 0 atom stereocenters. The molecule has 1 aromatic rings. The fraction of sp³-hybridized carbons (Fsp3) is 0.600. The van der Waals surface area contributed by atoms with Crippen LogP contribution in [0.15, 0.2) is 23.1 Å². The average Bonchev–Trinajstić information content (AvgIpc) is 2.55. The molecule has 2 rings (SSSR count). The van der Waals surface area contributed by atoms with Crippen LogP contribution in [0.1, 0.15) is 30.1 Å². The lowest BCUT2D eigenvalue weighted by molar-refractivity contribution is 0.0689. The Kier molecular flexibility index (Phi) is 5.59. The Hall–Kier alpha value is -1.67. The quantitative estimate of drug-likeness (QED) is 0.827. The number of nitrogens with one attached hydrogen (secondary N) is 1. The third-order valence-electron chi connectivity index (χ3n) is 4.23. The van der Waals surface area contributed by atoms with E-state index in [0.29, 0.717) is 19.6 Å². The lowest BCUT2D eigenvalue weighted by Crippen LogP contribution is -2.43. The summed E-state index contributed by atoms with van der Waals surface area (Å²) < 4.78 is 26.9. The van der Waals surface area contributed by atoms with Gasteiger partial charge in [-0.3, -0.25) is 9.59 Å². The van der Waals surface area contributed by atoms with E-state index < -0.39 is 10.0 Å². The Morgan fingerprint density at radius 1 is 1.35 bits per heavy atom. The van der Waals surface area contributed by atoms with Gasteiger partial charge < -0.3 is 9.47 Å². The normalized spacial score (nSPS) is 16.5. The zero-order valence-electron chi connectivity index (χ0n) is 13.5. The van der Waals surface area contributed by atoms with E-state index in [1.54, 1.807) is 37.2 Å². The number of sulfonamides is 1. The number of hydrogen-bond donors (Lipinski definition) is 1. The summed E-state index contributed by atoms with van der Waals surface area (Å²) in [4.78, 5) is 26.1. The van der Waals surface area contributed by atoms with Crippen molar-refractivity contribution in [1.82, 2.24) is 14.2 Å². The molecule has 7 nitrogen and oxygen atoms in total. The van der Waals surface area contributed by atoms with Gasteiger partial charge in [-0.1, -0.05) is 0 Å². The summed E-state index contributed by atoms with van der Waals surface area (Å²) in [6.07, 6.45) is 3.07. The number of nitrogens with zero attached hydrogens (tertiary/aromatic N) is 2. The van der Waals surface area contributed by atoms with E-state index in [1.807, 2.05) is 0 Å². The summed E-state index contributed by atoms with van der Waals surface area (Å²) in [6, 6.07) is 3.23. The molecule has 1 saturated heterocycles. The van der Waals surface area contributed by atoms with Crippen molar-refractivity contribution in [2.45, 2.75) is 19.8 Å². The summed E-state index contributed by atoms with van der Waals surface area (Å²) in [7, 11) is -1.56. The van der Waals surface area contributed by atoms with E-state index in [-0.39, 0.29) is 28.7 Å². The van der Waals surface area contributed by atoms with Crippen LogP contribution >= 0.6 is 0 Å². The Balaban J connectivity index is 1.93. The highest BCUT2D eigenvalue weighted by molar-refractivity contribution is 7.89. The molecular formula is C15H23N3O4S. The van der Waals surface area contributed by atoms with Gasteiger partial charge in [-0.15, -0.1) is 0 Å². The van der Waals surface area contributed by atoms with E-state index >= 15 is 0 Å². The van der Waals surface area contributed by atoms with Gasteiger partial charge in [-0.25, -0.2) is 13.1 Å². The standard InChI is InChI=1S/C15H23N3O4S/c1-3-23(21,22)16-11-12-6-9-18(10-7-12)15(20)13-5-4-8-17(2)14(13)19/h4-5,8,12,16H,3,6-7,9-11H2,1-2H3. The Morgan fingerprint density at radius 2 is 2.00 bits per heavy atom. The molecule has 0 saturated carbocycles. The number of piperidine rings is 1. The number of amides is 1. The number of carbonyl (C=O) groups is 1. The van der Waals surface area contributed by atoms with Crippen LogP contribution in [0.5, 0.6) is 0 Å². The van der Waals surface area contributed by atoms with E-state index in [2.05, 4.69) is 4.72 Å². The second-order valence-corrected chi connectivity index (χ2v) is 7.92. The minimum Gasteiger partial charge on any atom is -0.338 e. The lowest BCUT2D eigenvalue weighted by atomic mass is 9.97. The second-order valence-electron chi connectivity index (χ2n) is 5.83. The summed E-state index contributed by atoms with van der Waals surface area (Å²) in [5.74, 6) is 0.0412. The molecule has 128 valence electrons. The number of aromatic nitrogens is 1. The average molecular weight is 341 g/mol. The molecule has 0 aliphatic carbocycles. The van der Waals surface area contributed by atoms with Gasteiger partial charge in [0.2, 0.25) is 10.0 Å². The molecule has 0 unspecified atom stereocenters. The Bertz CT molecular complexity index is 718. The van der Waals surface area contributed by atoms with Crippen molar-refractivity contribution in [3.8, 4) is 0 Å². The van der Waals surface area contributed by atoms with Crippen LogP contribution in [0.25, 0.3) is 0 Å². The molecule has 1 fully saturated rings.